The third kappa shape index (κ3) is 4.52. The Morgan fingerprint density at radius 3 is 2.81 bits per heavy atom. The van der Waals surface area contributed by atoms with Crippen molar-refractivity contribution in [1.29, 1.82) is 0 Å². The first-order chi connectivity index (χ1) is 12.5. The molecule has 0 aliphatic heterocycles. The number of fused-ring (bicyclic) bond motifs is 1. The molecule has 1 aliphatic rings. The first-order valence-corrected chi connectivity index (χ1v) is 9.70. The number of amides is 1. The van der Waals surface area contributed by atoms with E-state index >= 15 is 0 Å². The summed E-state index contributed by atoms with van der Waals surface area (Å²) in [6, 6.07) is 14.1. The number of rotatable bonds is 5. The summed E-state index contributed by atoms with van der Waals surface area (Å²) in [5.74, 6) is 0.832. The molecule has 1 aliphatic carbocycles. The van der Waals surface area contributed by atoms with Crippen LogP contribution in [0.15, 0.2) is 52.0 Å². The smallest absolute Gasteiger partial charge is 0.277 e. The van der Waals surface area contributed by atoms with Gasteiger partial charge < -0.3 is 4.74 Å². The quantitative estimate of drug-likeness (QED) is 0.713. The van der Waals surface area contributed by atoms with Crippen LogP contribution in [-0.2, 0) is 11.2 Å². The van der Waals surface area contributed by atoms with Gasteiger partial charge in [-0.1, -0.05) is 44.2 Å². The van der Waals surface area contributed by atoms with Gasteiger partial charge in [-0.3, -0.25) is 4.79 Å². The minimum Gasteiger partial charge on any atom is -0.483 e. The van der Waals surface area contributed by atoms with Crippen LogP contribution in [0.1, 0.15) is 49.3 Å². The van der Waals surface area contributed by atoms with Gasteiger partial charge in [0.15, 0.2) is 6.61 Å². The van der Waals surface area contributed by atoms with E-state index in [0.717, 1.165) is 35.0 Å². The molecule has 0 bridgehead atoms. The van der Waals surface area contributed by atoms with Crippen LogP contribution in [0.4, 0.5) is 0 Å². The molecule has 0 spiro atoms. The molecule has 2 aromatic rings. The summed E-state index contributed by atoms with van der Waals surface area (Å²) in [6.07, 6.45) is 2.99. The van der Waals surface area contributed by atoms with Crippen LogP contribution >= 0.6 is 15.9 Å². The lowest BCUT2D eigenvalue weighted by Crippen LogP contribution is -2.27. The molecule has 3 rings (SSSR count). The fourth-order valence-corrected chi connectivity index (χ4v) is 3.53. The predicted molar refractivity (Wildman–Crippen MR) is 108 cm³/mol. The fourth-order valence-electron chi connectivity index (χ4n) is 3.02. The minimum absolute atomic E-state index is 0.0714. The Bertz CT molecular complexity index is 831. The number of aryl methyl sites for hydroxylation is 1. The van der Waals surface area contributed by atoms with Crippen molar-refractivity contribution in [2.24, 2.45) is 5.10 Å². The van der Waals surface area contributed by atoms with E-state index in [2.05, 4.69) is 52.4 Å². The molecule has 0 saturated heterocycles. The number of benzene rings is 2. The second-order valence-corrected chi connectivity index (χ2v) is 7.59. The molecule has 1 amide bonds. The van der Waals surface area contributed by atoms with E-state index in [-0.39, 0.29) is 12.5 Å². The van der Waals surface area contributed by atoms with Crippen molar-refractivity contribution in [1.82, 2.24) is 5.43 Å². The van der Waals surface area contributed by atoms with Crippen molar-refractivity contribution in [3.8, 4) is 5.75 Å². The van der Waals surface area contributed by atoms with Crippen LogP contribution in [0.3, 0.4) is 0 Å². The molecule has 0 atom stereocenters. The molecule has 4 nitrogen and oxygen atoms in total. The van der Waals surface area contributed by atoms with Gasteiger partial charge in [0.25, 0.3) is 5.91 Å². The number of nitrogens with zero attached hydrogens (tertiary/aromatic N) is 1. The highest BCUT2D eigenvalue weighted by molar-refractivity contribution is 9.10. The first kappa shape index (κ1) is 18.6. The van der Waals surface area contributed by atoms with Crippen LogP contribution in [0.5, 0.6) is 5.75 Å². The number of carbonyl (C=O) groups is 1. The summed E-state index contributed by atoms with van der Waals surface area (Å²) in [6.45, 7) is 4.20. The van der Waals surface area contributed by atoms with Gasteiger partial charge in [0, 0.05) is 5.56 Å². The zero-order valence-electron chi connectivity index (χ0n) is 15.1. The number of hydrazone groups is 1. The zero-order chi connectivity index (χ0) is 18.5. The highest BCUT2D eigenvalue weighted by atomic mass is 79.9. The molecule has 0 fully saturated rings. The third-order valence-electron chi connectivity index (χ3n) is 4.48. The van der Waals surface area contributed by atoms with Gasteiger partial charge in [0.1, 0.15) is 5.75 Å². The number of ether oxygens (including phenoxy) is 1. The van der Waals surface area contributed by atoms with Crippen molar-refractivity contribution in [2.45, 2.75) is 39.0 Å². The third-order valence-corrected chi connectivity index (χ3v) is 5.10. The van der Waals surface area contributed by atoms with Crippen molar-refractivity contribution < 1.29 is 9.53 Å². The van der Waals surface area contributed by atoms with Gasteiger partial charge in [-0.05, 0) is 64.4 Å². The highest BCUT2D eigenvalue weighted by Gasteiger charge is 2.15. The van der Waals surface area contributed by atoms with E-state index in [0.29, 0.717) is 11.7 Å². The molecule has 136 valence electrons. The van der Waals surface area contributed by atoms with Gasteiger partial charge in [-0.25, -0.2) is 5.43 Å². The Balaban J connectivity index is 1.59. The van der Waals surface area contributed by atoms with E-state index < -0.39 is 0 Å². The summed E-state index contributed by atoms with van der Waals surface area (Å²) < 4.78 is 6.47. The van der Waals surface area contributed by atoms with E-state index in [1.54, 1.807) is 0 Å². The van der Waals surface area contributed by atoms with Gasteiger partial charge in [0.05, 0.1) is 10.2 Å². The molecule has 0 heterocycles. The maximum atomic E-state index is 12.1. The molecule has 0 saturated carbocycles. The summed E-state index contributed by atoms with van der Waals surface area (Å²) in [5, 5.41) is 4.32. The maximum Gasteiger partial charge on any atom is 0.277 e. The number of carbonyl (C=O) groups excluding carboxylic acids is 1. The van der Waals surface area contributed by atoms with Crippen LogP contribution in [-0.4, -0.2) is 18.2 Å². The number of halogens is 1. The van der Waals surface area contributed by atoms with Crippen molar-refractivity contribution in [3.63, 3.8) is 0 Å². The summed E-state index contributed by atoms with van der Waals surface area (Å²) in [7, 11) is 0. The summed E-state index contributed by atoms with van der Waals surface area (Å²) >= 11 is 3.50. The minimum atomic E-state index is -0.264. The van der Waals surface area contributed by atoms with Crippen LogP contribution in [0.2, 0.25) is 0 Å². The molecular weight excluding hydrogens is 392 g/mol. The monoisotopic (exact) mass is 414 g/mol. The van der Waals surface area contributed by atoms with E-state index in [1.807, 2.05) is 30.3 Å². The Morgan fingerprint density at radius 1 is 1.23 bits per heavy atom. The maximum absolute atomic E-state index is 12.1. The Hall–Kier alpha value is -2.14. The Morgan fingerprint density at radius 2 is 2.04 bits per heavy atom. The zero-order valence-corrected chi connectivity index (χ0v) is 16.7. The van der Waals surface area contributed by atoms with Gasteiger partial charge >= 0.3 is 0 Å². The predicted octanol–water partition coefficient (Wildman–Crippen LogP) is 4.81. The standard InChI is InChI=1S/C21H23BrN2O2/c1-14(2)16-10-11-20(18(22)12-16)26-13-21(25)24-23-19-9-5-7-15-6-3-4-8-17(15)19/h3-4,6,8,10-12,14H,5,7,9,13H2,1-2H3,(H,24,25)/b23-19+. The van der Waals surface area contributed by atoms with E-state index in [1.165, 1.54) is 11.1 Å². The second-order valence-electron chi connectivity index (χ2n) is 6.74. The normalized spacial score (nSPS) is 15.0. The van der Waals surface area contributed by atoms with E-state index in [4.69, 9.17) is 4.74 Å². The number of hydrogen-bond acceptors (Lipinski definition) is 3. The van der Waals surface area contributed by atoms with Gasteiger partial charge in [-0.15, -0.1) is 0 Å². The highest BCUT2D eigenvalue weighted by Crippen LogP contribution is 2.28. The van der Waals surface area contributed by atoms with Crippen molar-refractivity contribution in [2.75, 3.05) is 6.61 Å². The number of hydrogen-bond donors (Lipinski definition) is 1. The Kier molecular flexibility index (Phi) is 6.09. The van der Waals surface area contributed by atoms with Crippen LogP contribution in [0.25, 0.3) is 0 Å². The molecule has 1 N–H and O–H groups in total. The lowest BCUT2D eigenvalue weighted by Gasteiger charge is -2.17. The SMILES string of the molecule is CC(C)c1ccc(OCC(=O)N/N=C2\CCCc3ccccc32)c(Br)c1. The van der Waals surface area contributed by atoms with E-state index in [9.17, 15) is 4.79 Å². The summed E-state index contributed by atoms with van der Waals surface area (Å²) in [4.78, 5) is 12.1. The topological polar surface area (TPSA) is 50.7 Å². The number of nitrogens with one attached hydrogen (secondary N) is 1. The average molecular weight is 415 g/mol. The molecule has 0 unspecified atom stereocenters. The molecule has 5 heteroatoms. The van der Waals surface area contributed by atoms with Crippen molar-refractivity contribution >= 4 is 27.5 Å². The van der Waals surface area contributed by atoms with Crippen molar-refractivity contribution in [3.05, 3.63) is 63.6 Å². The molecule has 0 aromatic heterocycles. The Labute approximate surface area is 162 Å². The molecule has 26 heavy (non-hydrogen) atoms. The van der Waals surface area contributed by atoms with Gasteiger partial charge in [0.2, 0.25) is 0 Å². The van der Waals surface area contributed by atoms with Crippen LogP contribution < -0.4 is 10.2 Å². The lowest BCUT2D eigenvalue weighted by molar-refractivity contribution is -0.123. The fraction of sp³-hybridized carbons (Fsp3) is 0.333. The molecule has 2 aromatic carbocycles. The molecule has 0 radical (unpaired) electrons. The first-order valence-electron chi connectivity index (χ1n) is 8.90. The largest absolute Gasteiger partial charge is 0.483 e. The average Bonchev–Trinajstić information content (AvgIpc) is 2.65. The summed E-state index contributed by atoms with van der Waals surface area (Å²) in [5.41, 5.74) is 7.19. The molecular formula is C21H23BrN2O2. The van der Waals surface area contributed by atoms with Crippen LogP contribution in [0, 0.1) is 0 Å². The lowest BCUT2D eigenvalue weighted by atomic mass is 9.90. The van der Waals surface area contributed by atoms with Gasteiger partial charge in [-0.2, -0.15) is 5.10 Å². The second kappa shape index (κ2) is 8.49.